The SMILES string of the molecule is Cc1nc(C)c(C(=O)Nc2ccc(F)c(-c3cn4cc(C#CCCN5CCCC(O)C5)cnc4n3)c2)o1. The van der Waals surface area contributed by atoms with Crippen LogP contribution in [-0.2, 0) is 0 Å². The molecule has 1 fully saturated rings. The molecule has 0 radical (unpaired) electrons. The van der Waals surface area contributed by atoms with Crippen molar-refractivity contribution in [3.8, 4) is 23.1 Å². The van der Waals surface area contributed by atoms with Crippen molar-refractivity contribution in [3.63, 3.8) is 0 Å². The van der Waals surface area contributed by atoms with Gasteiger partial charge in [0.1, 0.15) is 5.82 Å². The zero-order valence-corrected chi connectivity index (χ0v) is 20.7. The van der Waals surface area contributed by atoms with Crippen LogP contribution in [-0.4, -0.2) is 61.0 Å². The number of hydrogen-bond acceptors (Lipinski definition) is 7. The maximum absolute atomic E-state index is 14.7. The minimum atomic E-state index is -0.476. The van der Waals surface area contributed by atoms with Crippen LogP contribution in [0.5, 0.6) is 0 Å². The second kappa shape index (κ2) is 10.5. The quantitative estimate of drug-likeness (QED) is 0.402. The highest BCUT2D eigenvalue weighted by Crippen LogP contribution is 2.26. The maximum atomic E-state index is 14.7. The Labute approximate surface area is 213 Å². The van der Waals surface area contributed by atoms with Crippen molar-refractivity contribution in [2.75, 3.05) is 25.0 Å². The number of aliphatic hydroxyl groups excluding tert-OH is 1. The van der Waals surface area contributed by atoms with Crippen LogP contribution < -0.4 is 5.32 Å². The van der Waals surface area contributed by atoms with E-state index in [-0.39, 0.29) is 17.4 Å². The smallest absolute Gasteiger partial charge is 0.293 e. The predicted octanol–water partition coefficient (Wildman–Crippen LogP) is 3.59. The molecule has 10 heteroatoms. The zero-order valence-electron chi connectivity index (χ0n) is 20.7. The summed E-state index contributed by atoms with van der Waals surface area (Å²) < 4.78 is 21.8. The summed E-state index contributed by atoms with van der Waals surface area (Å²) in [7, 11) is 0. The van der Waals surface area contributed by atoms with Gasteiger partial charge in [-0.2, -0.15) is 0 Å². The number of nitrogens with one attached hydrogen (secondary N) is 1. The predicted molar refractivity (Wildman–Crippen MR) is 135 cm³/mol. The summed E-state index contributed by atoms with van der Waals surface area (Å²) in [4.78, 5) is 27.7. The number of hydrogen-bond donors (Lipinski definition) is 2. The minimum absolute atomic E-state index is 0.113. The summed E-state index contributed by atoms with van der Waals surface area (Å²) in [5, 5.41) is 12.5. The number of carbonyl (C=O) groups excluding carboxylic acids is 1. The van der Waals surface area contributed by atoms with Crippen molar-refractivity contribution >= 4 is 17.4 Å². The molecule has 1 atom stereocenters. The number of aliphatic hydroxyl groups is 1. The number of carbonyl (C=O) groups is 1. The standard InChI is InChI=1S/C27H27FN6O3/c1-17-25(37-18(2)30-17)26(36)31-20-8-9-23(28)22(12-20)24-16-34-14-19(13-29-27(34)32-24)6-3-4-10-33-11-5-7-21(35)15-33/h8-9,12-14,16,21,35H,4-5,7,10-11,15H2,1-2H3,(H,31,36). The number of benzene rings is 1. The first-order valence-electron chi connectivity index (χ1n) is 12.1. The average Bonchev–Trinajstić information content (AvgIpc) is 3.44. The number of imidazole rings is 1. The van der Waals surface area contributed by atoms with Gasteiger partial charge in [0.15, 0.2) is 5.89 Å². The lowest BCUT2D eigenvalue weighted by atomic mass is 10.1. The van der Waals surface area contributed by atoms with E-state index in [1.165, 1.54) is 18.2 Å². The van der Waals surface area contributed by atoms with Gasteiger partial charge in [-0.1, -0.05) is 11.8 Å². The van der Waals surface area contributed by atoms with Crippen molar-refractivity contribution in [2.45, 2.75) is 39.2 Å². The lowest BCUT2D eigenvalue weighted by Crippen LogP contribution is -2.38. The fourth-order valence-corrected chi connectivity index (χ4v) is 4.42. The molecule has 4 heterocycles. The highest BCUT2D eigenvalue weighted by atomic mass is 19.1. The second-order valence-electron chi connectivity index (χ2n) is 9.12. The molecule has 5 rings (SSSR count). The molecule has 1 amide bonds. The number of amides is 1. The normalized spacial score (nSPS) is 15.9. The van der Waals surface area contributed by atoms with Crippen LogP contribution >= 0.6 is 0 Å². The zero-order chi connectivity index (χ0) is 25.9. The average molecular weight is 503 g/mol. The van der Waals surface area contributed by atoms with Gasteiger partial charge in [-0.05, 0) is 44.5 Å². The van der Waals surface area contributed by atoms with Crippen molar-refractivity contribution in [2.24, 2.45) is 0 Å². The van der Waals surface area contributed by atoms with Gasteiger partial charge in [-0.3, -0.25) is 14.1 Å². The van der Waals surface area contributed by atoms with E-state index in [0.717, 1.165) is 25.9 Å². The first-order chi connectivity index (χ1) is 17.9. The molecule has 0 spiro atoms. The molecule has 0 saturated carbocycles. The number of likely N-dealkylation sites (tertiary alicyclic amines) is 1. The summed E-state index contributed by atoms with van der Waals surface area (Å²) >= 11 is 0. The topological polar surface area (TPSA) is 109 Å². The molecule has 1 unspecified atom stereocenters. The molecule has 0 bridgehead atoms. The van der Waals surface area contributed by atoms with Gasteiger partial charge in [0.25, 0.3) is 5.91 Å². The van der Waals surface area contributed by atoms with Crippen molar-refractivity contribution in [3.05, 3.63) is 65.5 Å². The van der Waals surface area contributed by atoms with Gasteiger partial charge in [0.2, 0.25) is 11.5 Å². The Hall–Kier alpha value is -4.07. The van der Waals surface area contributed by atoms with Crippen LogP contribution in [0.3, 0.4) is 0 Å². The van der Waals surface area contributed by atoms with E-state index in [1.807, 2.05) is 0 Å². The number of piperidine rings is 1. The molecule has 190 valence electrons. The molecule has 1 aliphatic rings. The molecule has 3 aromatic heterocycles. The van der Waals surface area contributed by atoms with E-state index in [2.05, 4.69) is 37.0 Å². The van der Waals surface area contributed by atoms with Gasteiger partial charge >= 0.3 is 0 Å². The number of aromatic nitrogens is 4. The number of aryl methyl sites for hydroxylation is 2. The summed E-state index contributed by atoms with van der Waals surface area (Å²) in [5.74, 6) is 6.25. The highest BCUT2D eigenvalue weighted by molar-refractivity contribution is 6.03. The van der Waals surface area contributed by atoms with E-state index in [9.17, 15) is 14.3 Å². The molecule has 1 saturated heterocycles. The van der Waals surface area contributed by atoms with E-state index in [0.29, 0.717) is 47.3 Å². The summed E-state index contributed by atoms with van der Waals surface area (Å²) in [5.41, 5.74) is 2.20. The number of nitrogens with zero attached hydrogens (tertiary/aromatic N) is 5. The van der Waals surface area contributed by atoms with Gasteiger partial charge in [0, 0.05) is 56.3 Å². The molecule has 1 aliphatic heterocycles. The van der Waals surface area contributed by atoms with Crippen LogP contribution in [0.1, 0.15) is 47.0 Å². The number of fused-ring (bicyclic) bond motifs is 1. The third kappa shape index (κ3) is 5.69. The lowest BCUT2D eigenvalue weighted by Gasteiger charge is -2.29. The minimum Gasteiger partial charge on any atom is -0.436 e. The van der Waals surface area contributed by atoms with Crippen LogP contribution in [0.4, 0.5) is 10.1 Å². The number of halogens is 1. The monoisotopic (exact) mass is 502 g/mol. The third-order valence-corrected chi connectivity index (χ3v) is 6.19. The van der Waals surface area contributed by atoms with Gasteiger partial charge in [0.05, 0.1) is 23.1 Å². The number of oxazole rings is 1. The molecular formula is C27H27FN6O3. The van der Waals surface area contributed by atoms with Crippen molar-refractivity contribution in [1.82, 2.24) is 24.3 Å². The Kier molecular flexibility index (Phi) is 6.99. The third-order valence-electron chi connectivity index (χ3n) is 6.19. The van der Waals surface area contributed by atoms with E-state index >= 15 is 0 Å². The second-order valence-corrected chi connectivity index (χ2v) is 9.12. The summed E-state index contributed by atoms with van der Waals surface area (Å²) in [6.07, 6.45) is 7.44. The summed E-state index contributed by atoms with van der Waals surface area (Å²) in [6.45, 7) is 5.86. The van der Waals surface area contributed by atoms with Crippen LogP contribution in [0, 0.1) is 31.5 Å². The van der Waals surface area contributed by atoms with Crippen molar-refractivity contribution < 1.29 is 18.7 Å². The number of β-amino-alcohol motifs (C(OH)–C–C–N with tert-alkyl or cyclic N) is 1. The molecular weight excluding hydrogens is 475 g/mol. The molecule has 4 aromatic rings. The Balaban J connectivity index is 1.30. The Morgan fingerprint density at radius 3 is 2.95 bits per heavy atom. The van der Waals surface area contributed by atoms with E-state index < -0.39 is 11.7 Å². The Bertz CT molecular complexity index is 1520. The van der Waals surface area contributed by atoms with Gasteiger partial charge in [-0.25, -0.2) is 19.3 Å². The van der Waals surface area contributed by atoms with Crippen LogP contribution in [0.15, 0.2) is 41.2 Å². The Morgan fingerprint density at radius 1 is 1.30 bits per heavy atom. The molecule has 2 N–H and O–H groups in total. The van der Waals surface area contributed by atoms with Crippen molar-refractivity contribution in [1.29, 1.82) is 0 Å². The summed E-state index contributed by atoms with van der Waals surface area (Å²) in [6, 6.07) is 4.27. The number of anilines is 1. The molecule has 0 aliphatic carbocycles. The van der Waals surface area contributed by atoms with E-state index in [1.54, 1.807) is 36.8 Å². The maximum Gasteiger partial charge on any atom is 0.293 e. The van der Waals surface area contributed by atoms with Gasteiger partial charge < -0.3 is 14.8 Å². The Morgan fingerprint density at radius 2 is 2.16 bits per heavy atom. The largest absolute Gasteiger partial charge is 0.436 e. The highest BCUT2D eigenvalue weighted by Gasteiger charge is 2.18. The van der Waals surface area contributed by atoms with Crippen LogP contribution in [0.2, 0.25) is 0 Å². The van der Waals surface area contributed by atoms with Gasteiger partial charge in [-0.15, -0.1) is 0 Å². The first kappa shape index (κ1) is 24.6. The molecule has 1 aromatic carbocycles. The molecule has 37 heavy (non-hydrogen) atoms. The van der Waals surface area contributed by atoms with E-state index in [4.69, 9.17) is 4.42 Å². The first-order valence-corrected chi connectivity index (χ1v) is 12.1. The fraction of sp³-hybridized carbons (Fsp3) is 0.333. The lowest BCUT2D eigenvalue weighted by molar-refractivity contribution is 0.0720. The van der Waals surface area contributed by atoms with Crippen LogP contribution in [0.25, 0.3) is 17.0 Å². The fourth-order valence-electron chi connectivity index (χ4n) is 4.42. The number of rotatable bonds is 5. The molecule has 9 nitrogen and oxygen atoms in total.